The predicted molar refractivity (Wildman–Crippen MR) is 83.4 cm³/mol. The van der Waals surface area contributed by atoms with E-state index in [0.29, 0.717) is 0 Å². The average molecular weight is 351 g/mol. The van der Waals surface area contributed by atoms with E-state index in [1.165, 1.54) is 36.4 Å². The van der Waals surface area contributed by atoms with Crippen LogP contribution in [-0.4, -0.2) is 20.0 Å². The first-order valence-corrected chi connectivity index (χ1v) is 7.25. The fraction of sp³-hybridized carbons (Fsp3) is 0.200. The first-order chi connectivity index (χ1) is 11.4. The number of nitro groups is 2. The van der Waals surface area contributed by atoms with E-state index in [1.807, 2.05) is 0 Å². The molecule has 124 valence electrons. The molecule has 3 rings (SSSR count). The lowest BCUT2D eigenvalue weighted by Crippen LogP contribution is -2.49. The Hall–Kier alpha value is -2.71. The molecule has 0 bridgehead atoms. The summed E-state index contributed by atoms with van der Waals surface area (Å²) in [7, 11) is 0. The van der Waals surface area contributed by atoms with Crippen molar-refractivity contribution in [3.05, 3.63) is 79.9 Å². The van der Waals surface area contributed by atoms with Crippen LogP contribution in [0.15, 0.2) is 48.5 Å². The normalized spacial score (nSPS) is 25.4. The Balaban J connectivity index is 2.23. The van der Waals surface area contributed by atoms with Gasteiger partial charge in [0.25, 0.3) is 5.69 Å². The Kier molecular flexibility index (Phi) is 3.86. The second-order valence-electron chi connectivity index (χ2n) is 5.24. The molecule has 1 heterocycles. The molecular weight excluding hydrogens is 340 g/mol. The van der Waals surface area contributed by atoms with E-state index in [2.05, 4.69) is 0 Å². The predicted octanol–water partition coefficient (Wildman–Crippen LogP) is 2.97. The minimum atomic E-state index is -2.50. The maximum absolute atomic E-state index is 11.6. The summed E-state index contributed by atoms with van der Waals surface area (Å²) in [4.78, 5) is 18.8. The number of rotatable bonds is 3. The number of hydrogen-bond donors (Lipinski definition) is 1. The lowest BCUT2D eigenvalue weighted by molar-refractivity contribution is -0.570. The summed E-state index contributed by atoms with van der Waals surface area (Å²) in [6, 6.07) is 11.6. The van der Waals surface area contributed by atoms with Crippen LogP contribution in [0.5, 0.6) is 5.75 Å². The zero-order chi connectivity index (χ0) is 17.5. The molecule has 1 N–H and O–H groups in total. The van der Waals surface area contributed by atoms with E-state index in [-0.39, 0.29) is 22.6 Å². The van der Waals surface area contributed by atoms with E-state index in [9.17, 15) is 25.3 Å². The van der Waals surface area contributed by atoms with Gasteiger partial charge in [0.1, 0.15) is 5.75 Å². The van der Waals surface area contributed by atoms with Crippen LogP contribution in [-0.2, 0) is 0 Å². The maximum Gasteiger partial charge on any atom is 0.365 e. The fourth-order valence-electron chi connectivity index (χ4n) is 2.74. The van der Waals surface area contributed by atoms with Gasteiger partial charge in [0.05, 0.1) is 15.4 Å². The topological polar surface area (TPSA) is 116 Å². The molecule has 0 radical (unpaired) electrons. The van der Waals surface area contributed by atoms with E-state index >= 15 is 0 Å². The van der Waals surface area contributed by atoms with E-state index in [1.54, 1.807) is 12.1 Å². The van der Waals surface area contributed by atoms with Crippen LogP contribution in [0.3, 0.4) is 0 Å². The molecule has 0 saturated heterocycles. The molecule has 0 aromatic heterocycles. The largest absolute Gasteiger partial charge is 0.476 e. The number of alkyl halides is 1. The van der Waals surface area contributed by atoms with Crippen molar-refractivity contribution in [2.75, 3.05) is 0 Å². The number of aliphatic hydroxyl groups excluding tert-OH is 1. The highest BCUT2D eigenvalue weighted by atomic mass is 35.5. The van der Waals surface area contributed by atoms with E-state index in [0.717, 1.165) is 0 Å². The minimum Gasteiger partial charge on any atom is -0.476 e. The summed E-state index contributed by atoms with van der Waals surface area (Å²) in [5.74, 6) is 0.186. The quantitative estimate of drug-likeness (QED) is 0.393. The second kappa shape index (κ2) is 5.73. The monoisotopic (exact) mass is 350 g/mol. The smallest absolute Gasteiger partial charge is 0.365 e. The Morgan fingerprint density at radius 1 is 1.04 bits per heavy atom. The van der Waals surface area contributed by atoms with Gasteiger partial charge >= 0.3 is 5.00 Å². The molecule has 1 aliphatic rings. The zero-order valence-corrected chi connectivity index (χ0v) is 12.8. The lowest BCUT2D eigenvalue weighted by Gasteiger charge is -2.36. The number of ether oxygens (including phenoxy) is 1. The van der Waals surface area contributed by atoms with Gasteiger partial charge in [-0.2, -0.15) is 0 Å². The summed E-state index contributed by atoms with van der Waals surface area (Å²) in [6.07, 6.45) is -3.25. The van der Waals surface area contributed by atoms with Gasteiger partial charge in [-0.1, -0.05) is 30.3 Å². The molecule has 0 spiro atoms. The van der Waals surface area contributed by atoms with Gasteiger partial charge < -0.3 is 9.84 Å². The third kappa shape index (κ3) is 2.27. The van der Waals surface area contributed by atoms with E-state index in [4.69, 9.17) is 16.3 Å². The first-order valence-electron chi connectivity index (χ1n) is 6.87. The number of nitrogens with zero attached hydrogens (tertiary/aromatic N) is 2. The molecule has 2 aromatic rings. The molecule has 3 unspecified atom stereocenters. The highest BCUT2D eigenvalue weighted by Gasteiger charge is 2.62. The summed E-state index contributed by atoms with van der Waals surface area (Å²) in [5.41, 5.74) is -0.303. The van der Waals surface area contributed by atoms with Gasteiger partial charge in [-0.3, -0.25) is 20.2 Å². The second-order valence-corrected chi connectivity index (χ2v) is 5.84. The third-order valence-electron chi connectivity index (χ3n) is 3.91. The molecule has 8 nitrogen and oxygen atoms in total. The average Bonchev–Trinajstić information content (AvgIpc) is 2.58. The van der Waals surface area contributed by atoms with Crippen LogP contribution in [0, 0.1) is 20.2 Å². The molecule has 0 saturated carbocycles. The van der Waals surface area contributed by atoms with Crippen molar-refractivity contribution in [1.29, 1.82) is 0 Å². The standard InChI is InChI=1S/C15H11ClN2O6/c16-15(18(22)23)13(19)10-6-2-4-8-12(10)24-14(15)9-5-1-3-7-11(9)17(20)21/h1-8,13-14,19H. The first kappa shape index (κ1) is 16.2. The third-order valence-corrected chi connectivity index (χ3v) is 4.45. The highest BCUT2D eigenvalue weighted by molar-refractivity contribution is 6.23. The number of hydrogen-bond acceptors (Lipinski definition) is 6. The molecular formula is C15H11ClN2O6. The number of para-hydroxylation sites is 2. The lowest BCUT2D eigenvalue weighted by atomic mass is 9.89. The molecule has 2 aromatic carbocycles. The summed E-state index contributed by atoms with van der Waals surface area (Å²) in [6.45, 7) is 0. The Labute approximate surface area is 140 Å². The van der Waals surface area contributed by atoms with Crippen LogP contribution < -0.4 is 4.74 Å². The molecule has 0 fully saturated rings. The number of nitro benzene ring substituents is 1. The number of benzene rings is 2. The maximum atomic E-state index is 11.6. The van der Waals surface area contributed by atoms with Crippen LogP contribution in [0.2, 0.25) is 0 Å². The van der Waals surface area contributed by atoms with Crippen molar-refractivity contribution in [1.82, 2.24) is 0 Å². The summed E-state index contributed by atoms with van der Waals surface area (Å²) < 4.78 is 5.62. The Morgan fingerprint density at radius 2 is 1.62 bits per heavy atom. The molecule has 9 heteroatoms. The minimum absolute atomic E-state index is 0.0808. The van der Waals surface area contributed by atoms with Crippen molar-refractivity contribution in [3.8, 4) is 5.75 Å². The molecule has 0 aliphatic carbocycles. The van der Waals surface area contributed by atoms with Gasteiger partial charge in [0, 0.05) is 11.6 Å². The van der Waals surface area contributed by atoms with Crippen molar-refractivity contribution >= 4 is 17.3 Å². The van der Waals surface area contributed by atoms with Gasteiger partial charge in [-0.25, -0.2) is 0 Å². The SMILES string of the molecule is O=[N+]([O-])c1ccccc1C1Oc2ccccc2C(O)C1(Cl)[N+](=O)[O-]. The van der Waals surface area contributed by atoms with Crippen molar-refractivity contribution < 1.29 is 19.7 Å². The number of aliphatic hydroxyl groups is 1. The van der Waals surface area contributed by atoms with Crippen molar-refractivity contribution in [2.24, 2.45) is 0 Å². The molecule has 24 heavy (non-hydrogen) atoms. The van der Waals surface area contributed by atoms with Crippen LogP contribution in [0.1, 0.15) is 23.3 Å². The summed E-state index contributed by atoms with van der Waals surface area (Å²) >= 11 is 6.17. The summed E-state index contributed by atoms with van der Waals surface area (Å²) in [5, 5.41) is 33.4. The van der Waals surface area contributed by atoms with Gasteiger partial charge in [0.2, 0.25) is 6.10 Å². The molecule has 0 amide bonds. The van der Waals surface area contributed by atoms with Crippen molar-refractivity contribution in [3.63, 3.8) is 0 Å². The van der Waals surface area contributed by atoms with Crippen molar-refractivity contribution in [2.45, 2.75) is 17.2 Å². The van der Waals surface area contributed by atoms with Gasteiger partial charge in [0.15, 0.2) is 6.10 Å². The van der Waals surface area contributed by atoms with Gasteiger partial charge in [-0.05, 0) is 23.7 Å². The Bertz CT molecular complexity index is 829. The van der Waals surface area contributed by atoms with Crippen LogP contribution in [0.25, 0.3) is 0 Å². The molecule has 3 atom stereocenters. The van der Waals surface area contributed by atoms with Crippen LogP contribution >= 0.6 is 11.6 Å². The van der Waals surface area contributed by atoms with E-state index < -0.39 is 27.1 Å². The highest BCUT2D eigenvalue weighted by Crippen LogP contribution is 2.52. The van der Waals surface area contributed by atoms with Gasteiger partial charge in [-0.15, -0.1) is 0 Å². The number of halogens is 1. The molecule has 1 aliphatic heterocycles. The van der Waals surface area contributed by atoms with Crippen LogP contribution in [0.4, 0.5) is 5.69 Å². The Morgan fingerprint density at radius 3 is 2.25 bits per heavy atom. The number of fused-ring (bicyclic) bond motifs is 1. The zero-order valence-electron chi connectivity index (χ0n) is 12.0. The fourth-order valence-corrected chi connectivity index (χ4v) is 3.02.